The van der Waals surface area contributed by atoms with Crippen LogP contribution < -0.4 is 5.32 Å². The number of rotatable bonds is 7. The van der Waals surface area contributed by atoms with E-state index in [2.05, 4.69) is 38.0 Å². The third-order valence-corrected chi connectivity index (χ3v) is 4.09. The first kappa shape index (κ1) is 13.7. The molecule has 0 aromatic carbocycles. The molecule has 0 fully saturated rings. The summed E-state index contributed by atoms with van der Waals surface area (Å²) in [5.41, 5.74) is 1.18. The number of hydrogen-bond donors (Lipinski definition) is 1. The van der Waals surface area contributed by atoms with Crippen molar-refractivity contribution in [2.45, 2.75) is 66.0 Å². The van der Waals surface area contributed by atoms with E-state index in [4.69, 9.17) is 0 Å². The lowest BCUT2D eigenvalue weighted by atomic mass is 10.1. The SMILES string of the molecule is CCCCC(CC)NCc1nc(C)c(C)s1. The van der Waals surface area contributed by atoms with Crippen LogP contribution in [0.1, 0.15) is 55.1 Å². The highest BCUT2D eigenvalue weighted by Crippen LogP contribution is 2.16. The molecule has 0 radical (unpaired) electrons. The van der Waals surface area contributed by atoms with Crippen LogP contribution in [0.5, 0.6) is 0 Å². The fourth-order valence-corrected chi connectivity index (χ4v) is 2.63. The van der Waals surface area contributed by atoms with E-state index in [0.717, 1.165) is 6.54 Å². The zero-order valence-electron chi connectivity index (χ0n) is 11.0. The average Bonchev–Trinajstić information content (AvgIpc) is 2.59. The highest BCUT2D eigenvalue weighted by Gasteiger charge is 2.07. The molecule has 0 aliphatic heterocycles. The first-order valence-corrected chi connectivity index (χ1v) is 7.15. The molecule has 0 aliphatic carbocycles. The van der Waals surface area contributed by atoms with Crippen molar-refractivity contribution in [1.82, 2.24) is 10.3 Å². The maximum atomic E-state index is 4.55. The van der Waals surface area contributed by atoms with Crippen LogP contribution in [-0.4, -0.2) is 11.0 Å². The Hall–Kier alpha value is -0.410. The third-order valence-electron chi connectivity index (χ3n) is 3.01. The molecule has 2 nitrogen and oxygen atoms in total. The van der Waals surface area contributed by atoms with E-state index in [-0.39, 0.29) is 0 Å². The lowest BCUT2D eigenvalue weighted by molar-refractivity contribution is 0.451. The average molecular weight is 240 g/mol. The number of nitrogens with zero attached hydrogens (tertiary/aromatic N) is 1. The molecule has 1 aromatic heterocycles. The van der Waals surface area contributed by atoms with Crippen LogP contribution in [0.2, 0.25) is 0 Å². The zero-order chi connectivity index (χ0) is 12.0. The third kappa shape index (κ3) is 4.22. The lowest BCUT2D eigenvalue weighted by Gasteiger charge is -2.15. The number of aryl methyl sites for hydroxylation is 2. The molecule has 1 aromatic rings. The number of thiazole rings is 1. The van der Waals surface area contributed by atoms with Gasteiger partial charge in [0.1, 0.15) is 5.01 Å². The quantitative estimate of drug-likeness (QED) is 0.783. The molecule has 16 heavy (non-hydrogen) atoms. The fraction of sp³-hybridized carbons (Fsp3) is 0.769. The molecular weight excluding hydrogens is 216 g/mol. The van der Waals surface area contributed by atoms with Gasteiger partial charge in [0.15, 0.2) is 0 Å². The van der Waals surface area contributed by atoms with Crippen molar-refractivity contribution < 1.29 is 0 Å². The number of nitrogens with one attached hydrogen (secondary N) is 1. The highest BCUT2D eigenvalue weighted by atomic mass is 32.1. The van der Waals surface area contributed by atoms with Gasteiger partial charge < -0.3 is 5.32 Å². The fourth-order valence-electron chi connectivity index (χ4n) is 1.75. The van der Waals surface area contributed by atoms with Crippen LogP contribution in [0.3, 0.4) is 0 Å². The van der Waals surface area contributed by atoms with Gasteiger partial charge in [-0.15, -0.1) is 11.3 Å². The summed E-state index contributed by atoms with van der Waals surface area (Å²) in [7, 11) is 0. The Morgan fingerprint density at radius 3 is 2.56 bits per heavy atom. The minimum atomic E-state index is 0.657. The predicted molar refractivity (Wildman–Crippen MR) is 72.0 cm³/mol. The second kappa shape index (κ2) is 7.02. The summed E-state index contributed by atoms with van der Waals surface area (Å²) in [6.07, 6.45) is 5.11. The largest absolute Gasteiger partial charge is 0.308 e. The molecule has 0 aliphatic rings. The molecule has 1 atom stereocenters. The molecule has 1 heterocycles. The molecule has 1 unspecified atom stereocenters. The smallest absolute Gasteiger partial charge is 0.107 e. The van der Waals surface area contributed by atoms with Gasteiger partial charge in [0.2, 0.25) is 0 Å². The molecule has 0 amide bonds. The molecule has 1 rings (SSSR count). The molecular formula is C13H24N2S. The maximum Gasteiger partial charge on any atom is 0.107 e. The van der Waals surface area contributed by atoms with Gasteiger partial charge in [0.25, 0.3) is 0 Å². The van der Waals surface area contributed by atoms with E-state index in [0.29, 0.717) is 6.04 Å². The number of aromatic nitrogens is 1. The Labute approximate surface area is 103 Å². The molecule has 0 spiro atoms. The standard InChI is InChI=1S/C13H24N2S/c1-5-7-8-12(6-2)14-9-13-15-10(3)11(4)16-13/h12,14H,5-9H2,1-4H3. The van der Waals surface area contributed by atoms with Crippen molar-refractivity contribution in [2.75, 3.05) is 0 Å². The predicted octanol–water partition coefficient (Wildman–Crippen LogP) is 3.82. The summed E-state index contributed by atoms with van der Waals surface area (Å²) >= 11 is 1.82. The van der Waals surface area contributed by atoms with Crippen molar-refractivity contribution in [2.24, 2.45) is 0 Å². The highest BCUT2D eigenvalue weighted by molar-refractivity contribution is 7.11. The van der Waals surface area contributed by atoms with Gasteiger partial charge in [-0.2, -0.15) is 0 Å². The Kier molecular flexibility index (Phi) is 5.99. The molecule has 92 valence electrons. The van der Waals surface area contributed by atoms with Gasteiger partial charge in [0, 0.05) is 17.5 Å². The monoisotopic (exact) mass is 240 g/mol. The number of unbranched alkanes of at least 4 members (excludes halogenated alkanes) is 1. The van der Waals surface area contributed by atoms with Crippen LogP contribution in [-0.2, 0) is 6.54 Å². The summed E-state index contributed by atoms with van der Waals surface area (Å²) in [6.45, 7) is 9.67. The van der Waals surface area contributed by atoms with Crippen LogP contribution >= 0.6 is 11.3 Å². The van der Waals surface area contributed by atoms with Gasteiger partial charge in [0.05, 0.1) is 5.69 Å². The van der Waals surface area contributed by atoms with Crippen LogP contribution in [0.25, 0.3) is 0 Å². The van der Waals surface area contributed by atoms with E-state index in [1.807, 2.05) is 11.3 Å². The Morgan fingerprint density at radius 1 is 1.31 bits per heavy atom. The molecule has 0 bridgehead atoms. The Bertz CT molecular complexity index is 287. The van der Waals surface area contributed by atoms with Crippen LogP contribution in [0, 0.1) is 13.8 Å². The molecule has 0 saturated heterocycles. The van der Waals surface area contributed by atoms with E-state index >= 15 is 0 Å². The summed E-state index contributed by atoms with van der Waals surface area (Å²) < 4.78 is 0. The van der Waals surface area contributed by atoms with Crippen molar-refractivity contribution >= 4 is 11.3 Å². The minimum absolute atomic E-state index is 0.657. The van der Waals surface area contributed by atoms with E-state index < -0.39 is 0 Å². The van der Waals surface area contributed by atoms with Gasteiger partial charge >= 0.3 is 0 Å². The summed E-state index contributed by atoms with van der Waals surface area (Å²) in [6, 6.07) is 0.657. The maximum absolute atomic E-state index is 4.55. The summed E-state index contributed by atoms with van der Waals surface area (Å²) in [4.78, 5) is 5.90. The van der Waals surface area contributed by atoms with Gasteiger partial charge in [-0.1, -0.05) is 26.7 Å². The zero-order valence-corrected chi connectivity index (χ0v) is 11.8. The van der Waals surface area contributed by atoms with Crippen molar-refractivity contribution in [3.8, 4) is 0 Å². The van der Waals surface area contributed by atoms with E-state index in [9.17, 15) is 0 Å². The summed E-state index contributed by atoms with van der Waals surface area (Å²) in [5.74, 6) is 0. The van der Waals surface area contributed by atoms with Crippen LogP contribution in [0.4, 0.5) is 0 Å². The number of hydrogen-bond acceptors (Lipinski definition) is 3. The Morgan fingerprint density at radius 2 is 2.06 bits per heavy atom. The molecule has 0 saturated carbocycles. The van der Waals surface area contributed by atoms with Gasteiger partial charge in [-0.3, -0.25) is 0 Å². The van der Waals surface area contributed by atoms with E-state index in [1.54, 1.807) is 0 Å². The van der Waals surface area contributed by atoms with Gasteiger partial charge in [-0.05, 0) is 26.7 Å². The van der Waals surface area contributed by atoms with Crippen LogP contribution in [0.15, 0.2) is 0 Å². The Balaban J connectivity index is 2.37. The van der Waals surface area contributed by atoms with Crippen molar-refractivity contribution in [3.63, 3.8) is 0 Å². The van der Waals surface area contributed by atoms with E-state index in [1.165, 1.54) is 41.3 Å². The first-order chi connectivity index (χ1) is 7.67. The lowest BCUT2D eigenvalue weighted by Crippen LogP contribution is -2.27. The summed E-state index contributed by atoms with van der Waals surface area (Å²) in [5, 5.41) is 4.84. The van der Waals surface area contributed by atoms with Gasteiger partial charge in [-0.25, -0.2) is 4.98 Å². The topological polar surface area (TPSA) is 24.9 Å². The van der Waals surface area contributed by atoms with Crippen molar-refractivity contribution in [3.05, 3.63) is 15.6 Å². The first-order valence-electron chi connectivity index (χ1n) is 6.33. The molecule has 1 N–H and O–H groups in total. The molecule has 3 heteroatoms. The second-order valence-electron chi connectivity index (χ2n) is 4.38. The second-order valence-corrected chi connectivity index (χ2v) is 5.67. The van der Waals surface area contributed by atoms with Crippen molar-refractivity contribution in [1.29, 1.82) is 0 Å². The normalized spacial score (nSPS) is 13.0. The minimum Gasteiger partial charge on any atom is -0.308 e.